The summed E-state index contributed by atoms with van der Waals surface area (Å²) < 4.78 is 4.65. The highest BCUT2D eigenvalue weighted by atomic mass is 16.6. The van der Waals surface area contributed by atoms with E-state index in [0.717, 1.165) is 19.3 Å². The number of hydrogen-bond acceptors (Lipinski definition) is 3. The molecule has 3 heteroatoms. The lowest BCUT2D eigenvalue weighted by Gasteiger charge is -2.15. The van der Waals surface area contributed by atoms with Crippen molar-refractivity contribution in [2.75, 3.05) is 7.11 Å². The van der Waals surface area contributed by atoms with Crippen molar-refractivity contribution in [3.8, 4) is 0 Å². The molecular formula is C13H20O3. The van der Waals surface area contributed by atoms with Gasteiger partial charge in [0.2, 0.25) is 0 Å². The molecule has 0 aromatic rings. The van der Waals surface area contributed by atoms with E-state index in [9.17, 15) is 9.59 Å². The predicted molar refractivity (Wildman–Crippen MR) is 61.9 cm³/mol. The zero-order valence-corrected chi connectivity index (χ0v) is 10.1. The van der Waals surface area contributed by atoms with Gasteiger partial charge in [-0.15, -0.1) is 0 Å². The minimum Gasteiger partial charge on any atom is -0.469 e. The van der Waals surface area contributed by atoms with Crippen LogP contribution < -0.4 is 0 Å². The Balaban J connectivity index is 2.52. The molecule has 0 aromatic carbocycles. The second kappa shape index (κ2) is 6.46. The van der Waals surface area contributed by atoms with Gasteiger partial charge in [0.05, 0.1) is 7.11 Å². The smallest absolute Gasteiger partial charge is 0.305 e. The average Bonchev–Trinajstić information content (AvgIpc) is 2.61. The minimum atomic E-state index is -0.204. The second-order valence-corrected chi connectivity index (χ2v) is 4.27. The number of hydrogen-bond donors (Lipinski definition) is 0. The molecule has 0 aromatic heterocycles. The number of methoxy groups -OCH3 is 1. The Bertz CT molecular complexity index is 281. The topological polar surface area (TPSA) is 43.4 Å². The van der Waals surface area contributed by atoms with E-state index in [4.69, 9.17) is 0 Å². The summed E-state index contributed by atoms with van der Waals surface area (Å²) in [6.07, 6.45) is 7.72. The first kappa shape index (κ1) is 12.9. The Morgan fingerprint density at radius 1 is 1.50 bits per heavy atom. The largest absolute Gasteiger partial charge is 0.469 e. The summed E-state index contributed by atoms with van der Waals surface area (Å²) in [4.78, 5) is 22.9. The third-order valence-corrected chi connectivity index (χ3v) is 3.19. The van der Waals surface area contributed by atoms with Crippen LogP contribution in [-0.4, -0.2) is 18.9 Å². The number of esters is 1. The number of rotatable bonds is 5. The highest BCUT2D eigenvalue weighted by Crippen LogP contribution is 2.34. The third-order valence-electron chi connectivity index (χ3n) is 3.19. The summed E-state index contributed by atoms with van der Waals surface area (Å²) in [6, 6.07) is 0. The summed E-state index contributed by atoms with van der Waals surface area (Å²) in [6.45, 7) is 2.07. The Labute approximate surface area is 96.9 Å². The van der Waals surface area contributed by atoms with E-state index >= 15 is 0 Å². The first-order valence-electron chi connectivity index (χ1n) is 5.93. The van der Waals surface area contributed by atoms with Crippen LogP contribution in [0.3, 0.4) is 0 Å². The molecule has 0 aliphatic heterocycles. The van der Waals surface area contributed by atoms with Crippen molar-refractivity contribution in [3.63, 3.8) is 0 Å². The molecule has 90 valence electrons. The summed E-state index contributed by atoms with van der Waals surface area (Å²) in [5.41, 5.74) is 0. The van der Waals surface area contributed by atoms with Crippen LogP contribution in [-0.2, 0) is 14.3 Å². The Morgan fingerprint density at radius 2 is 2.25 bits per heavy atom. The SMILES string of the molecule is CC/C=C\C[C@H]1C(=O)CC[C@@H]1[13CH2][13C](=O)OC. The molecule has 0 heterocycles. The van der Waals surface area contributed by atoms with Crippen molar-refractivity contribution in [1.29, 1.82) is 0 Å². The van der Waals surface area contributed by atoms with E-state index in [1.54, 1.807) is 0 Å². The zero-order chi connectivity index (χ0) is 12.0. The normalized spacial score (nSPS) is 25.2. The van der Waals surface area contributed by atoms with Gasteiger partial charge in [-0.05, 0) is 25.2 Å². The maximum absolute atomic E-state index is 11.7. The number of carbonyl (C=O) groups excluding carboxylic acids is 2. The minimum absolute atomic E-state index is 0.0295. The van der Waals surface area contributed by atoms with Gasteiger partial charge in [0.1, 0.15) is 5.78 Å². The number of ketones is 1. The van der Waals surface area contributed by atoms with Crippen molar-refractivity contribution >= 4 is 11.8 Å². The zero-order valence-electron chi connectivity index (χ0n) is 10.1. The van der Waals surface area contributed by atoms with Crippen LogP contribution >= 0.6 is 0 Å². The molecule has 0 spiro atoms. The predicted octanol–water partition coefficient (Wildman–Crippen LogP) is 2.50. The van der Waals surface area contributed by atoms with Crippen LogP contribution in [0.4, 0.5) is 0 Å². The van der Waals surface area contributed by atoms with Gasteiger partial charge in [0, 0.05) is 18.8 Å². The summed E-state index contributed by atoms with van der Waals surface area (Å²) >= 11 is 0. The number of carbonyl (C=O) groups is 2. The van der Waals surface area contributed by atoms with Crippen molar-refractivity contribution in [3.05, 3.63) is 12.2 Å². The molecule has 0 amide bonds. The molecule has 0 N–H and O–H groups in total. The van der Waals surface area contributed by atoms with Gasteiger partial charge in [-0.1, -0.05) is 19.1 Å². The molecule has 1 aliphatic carbocycles. The molecular weight excluding hydrogens is 206 g/mol. The molecule has 1 fully saturated rings. The van der Waals surface area contributed by atoms with Gasteiger partial charge in [-0.2, -0.15) is 0 Å². The molecule has 0 bridgehead atoms. The fourth-order valence-electron chi connectivity index (χ4n) is 2.25. The van der Waals surface area contributed by atoms with E-state index in [2.05, 4.69) is 23.8 Å². The average molecular weight is 226 g/mol. The molecule has 2 atom stereocenters. The monoisotopic (exact) mass is 226 g/mol. The van der Waals surface area contributed by atoms with Gasteiger partial charge < -0.3 is 4.74 Å². The van der Waals surface area contributed by atoms with Crippen molar-refractivity contribution in [2.45, 2.75) is 39.0 Å². The lowest BCUT2D eigenvalue weighted by Crippen LogP contribution is -2.18. The second-order valence-electron chi connectivity index (χ2n) is 4.27. The molecule has 0 radical (unpaired) electrons. The van der Waals surface area contributed by atoms with Crippen molar-refractivity contribution in [2.24, 2.45) is 11.8 Å². The van der Waals surface area contributed by atoms with E-state index < -0.39 is 0 Å². The van der Waals surface area contributed by atoms with Gasteiger partial charge in [0.15, 0.2) is 0 Å². The maximum atomic E-state index is 11.7. The maximum Gasteiger partial charge on any atom is 0.305 e. The van der Waals surface area contributed by atoms with E-state index in [1.807, 2.05) is 0 Å². The number of Topliss-reactive ketones (excluding diaryl/α,β-unsaturated/α-hetero) is 1. The van der Waals surface area contributed by atoms with Crippen LogP contribution in [0.2, 0.25) is 0 Å². The summed E-state index contributed by atoms with van der Waals surface area (Å²) in [5.74, 6) is 0.308. The lowest BCUT2D eigenvalue weighted by molar-refractivity contribution is -0.142. The van der Waals surface area contributed by atoms with Crippen LogP contribution in [0.1, 0.15) is 39.0 Å². The van der Waals surface area contributed by atoms with Gasteiger partial charge in [0.25, 0.3) is 0 Å². The fourth-order valence-corrected chi connectivity index (χ4v) is 2.25. The molecule has 1 rings (SSSR count). The lowest BCUT2D eigenvalue weighted by atomic mass is 9.96. The standard InChI is InChI=1S/C13H20O3/c1-3-4-5-6-11-10(7-8-12(11)14)9-13(15)16-2/h4-5,10-11H,3,6-9H2,1-2H3/b5-4-/t10-,11-/m1/s1/i9+1,13+1. The summed E-state index contributed by atoms with van der Waals surface area (Å²) in [5, 5.41) is 0. The molecule has 16 heavy (non-hydrogen) atoms. The van der Waals surface area contributed by atoms with Gasteiger partial charge >= 0.3 is 5.97 Å². The quantitative estimate of drug-likeness (QED) is 0.411. The van der Waals surface area contributed by atoms with E-state index in [0.29, 0.717) is 18.6 Å². The molecule has 3 nitrogen and oxygen atoms in total. The molecule has 0 unspecified atom stereocenters. The first-order valence-corrected chi connectivity index (χ1v) is 5.93. The fraction of sp³-hybridized carbons (Fsp3) is 0.692. The molecule has 1 saturated carbocycles. The van der Waals surface area contributed by atoms with Gasteiger partial charge in [-0.25, -0.2) is 0 Å². The number of allylic oxidation sites excluding steroid dienone is 2. The molecule has 1 aliphatic rings. The van der Waals surface area contributed by atoms with E-state index in [1.165, 1.54) is 7.11 Å². The highest BCUT2D eigenvalue weighted by molar-refractivity contribution is 5.84. The number of ether oxygens (including phenoxy) is 1. The Hall–Kier alpha value is -1.12. The van der Waals surface area contributed by atoms with E-state index in [-0.39, 0.29) is 17.8 Å². The van der Waals surface area contributed by atoms with Crippen LogP contribution in [0.15, 0.2) is 12.2 Å². The van der Waals surface area contributed by atoms with Crippen LogP contribution in [0, 0.1) is 11.8 Å². The van der Waals surface area contributed by atoms with Crippen LogP contribution in [0.25, 0.3) is 0 Å². The Kier molecular flexibility index (Phi) is 5.23. The third kappa shape index (κ3) is 3.47. The highest BCUT2D eigenvalue weighted by Gasteiger charge is 2.34. The van der Waals surface area contributed by atoms with Crippen molar-refractivity contribution in [1.82, 2.24) is 0 Å². The molecule has 0 saturated heterocycles. The Morgan fingerprint density at radius 3 is 2.88 bits per heavy atom. The van der Waals surface area contributed by atoms with Crippen molar-refractivity contribution < 1.29 is 14.3 Å². The van der Waals surface area contributed by atoms with Gasteiger partial charge in [-0.3, -0.25) is 9.59 Å². The first-order chi connectivity index (χ1) is 7.69. The van der Waals surface area contributed by atoms with Crippen LogP contribution in [0.5, 0.6) is 0 Å². The summed E-state index contributed by atoms with van der Waals surface area (Å²) in [7, 11) is 1.39.